The molecule has 1 saturated heterocycles. The minimum atomic E-state index is -0.151. The molecule has 1 heterocycles. The van der Waals surface area contributed by atoms with Gasteiger partial charge in [-0.1, -0.05) is 20.8 Å². The van der Waals surface area contributed by atoms with Gasteiger partial charge in [-0.15, -0.1) is 0 Å². The molecule has 0 radical (unpaired) electrons. The van der Waals surface area contributed by atoms with Crippen molar-refractivity contribution in [2.24, 2.45) is 5.41 Å². The van der Waals surface area contributed by atoms with E-state index in [-0.39, 0.29) is 11.3 Å². The Balaban J connectivity index is 2.31. The van der Waals surface area contributed by atoms with Gasteiger partial charge in [0.1, 0.15) is 0 Å². The first-order chi connectivity index (χ1) is 8.68. The SMILES string of the molecule is CCCN(CC)CCNC(=O)C1(CC)CCNC1. The van der Waals surface area contributed by atoms with E-state index in [9.17, 15) is 4.79 Å². The summed E-state index contributed by atoms with van der Waals surface area (Å²) in [6, 6.07) is 0. The molecule has 1 amide bonds. The lowest BCUT2D eigenvalue weighted by atomic mass is 9.83. The van der Waals surface area contributed by atoms with Crippen molar-refractivity contribution in [2.75, 3.05) is 39.3 Å². The Hall–Kier alpha value is -0.610. The molecule has 2 N–H and O–H groups in total. The maximum atomic E-state index is 12.3. The van der Waals surface area contributed by atoms with Crippen molar-refractivity contribution in [3.05, 3.63) is 0 Å². The summed E-state index contributed by atoms with van der Waals surface area (Å²) < 4.78 is 0. The fourth-order valence-corrected chi connectivity index (χ4v) is 2.66. The quantitative estimate of drug-likeness (QED) is 0.685. The summed E-state index contributed by atoms with van der Waals surface area (Å²) in [5.74, 6) is 0.238. The van der Waals surface area contributed by atoms with Gasteiger partial charge in [0.05, 0.1) is 5.41 Å². The first-order valence-electron chi connectivity index (χ1n) is 7.40. The number of nitrogens with zero attached hydrogens (tertiary/aromatic N) is 1. The normalized spacial score (nSPS) is 23.6. The number of carbonyl (C=O) groups is 1. The number of carbonyl (C=O) groups excluding carboxylic acids is 1. The minimum absolute atomic E-state index is 0.151. The molecular weight excluding hydrogens is 226 g/mol. The van der Waals surface area contributed by atoms with Crippen molar-refractivity contribution in [3.63, 3.8) is 0 Å². The molecule has 1 aliphatic heterocycles. The standard InChI is InChI=1S/C14H29N3O/c1-4-10-17(6-3)11-9-16-13(18)14(5-2)7-8-15-12-14/h15H,4-12H2,1-3H3,(H,16,18). The zero-order valence-corrected chi connectivity index (χ0v) is 12.2. The predicted molar refractivity (Wildman–Crippen MR) is 75.6 cm³/mol. The molecule has 1 fully saturated rings. The van der Waals surface area contributed by atoms with Gasteiger partial charge < -0.3 is 15.5 Å². The summed E-state index contributed by atoms with van der Waals surface area (Å²) in [5, 5.41) is 6.42. The van der Waals surface area contributed by atoms with Crippen LogP contribution in [0.4, 0.5) is 0 Å². The van der Waals surface area contributed by atoms with Crippen molar-refractivity contribution in [2.45, 2.75) is 40.0 Å². The highest BCUT2D eigenvalue weighted by molar-refractivity contribution is 5.83. The molecule has 0 spiro atoms. The van der Waals surface area contributed by atoms with E-state index in [4.69, 9.17) is 0 Å². The number of rotatable bonds is 8. The highest BCUT2D eigenvalue weighted by Crippen LogP contribution is 2.29. The van der Waals surface area contributed by atoms with Crippen LogP contribution in [0.5, 0.6) is 0 Å². The van der Waals surface area contributed by atoms with E-state index in [0.29, 0.717) is 0 Å². The molecule has 0 aromatic carbocycles. The Morgan fingerprint density at radius 1 is 1.33 bits per heavy atom. The second kappa shape index (κ2) is 7.74. The van der Waals surface area contributed by atoms with Crippen molar-refractivity contribution >= 4 is 5.91 Å². The third kappa shape index (κ3) is 3.95. The predicted octanol–water partition coefficient (Wildman–Crippen LogP) is 1.22. The van der Waals surface area contributed by atoms with E-state index in [0.717, 1.165) is 52.1 Å². The summed E-state index contributed by atoms with van der Waals surface area (Å²) in [6.07, 6.45) is 3.07. The Morgan fingerprint density at radius 3 is 2.61 bits per heavy atom. The number of hydrogen-bond donors (Lipinski definition) is 2. The van der Waals surface area contributed by atoms with Crippen LogP contribution in [0.3, 0.4) is 0 Å². The van der Waals surface area contributed by atoms with Crippen LogP contribution in [-0.2, 0) is 4.79 Å². The van der Waals surface area contributed by atoms with Gasteiger partial charge in [-0.2, -0.15) is 0 Å². The van der Waals surface area contributed by atoms with E-state index < -0.39 is 0 Å². The number of nitrogens with one attached hydrogen (secondary N) is 2. The molecule has 4 heteroatoms. The number of likely N-dealkylation sites (N-methyl/N-ethyl adjacent to an activating group) is 1. The molecule has 0 aromatic rings. The van der Waals surface area contributed by atoms with Crippen LogP contribution < -0.4 is 10.6 Å². The van der Waals surface area contributed by atoms with Gasteiger partial charge in [-0.25, -0.2) is 0 Å². The number of amides is 1. The largest absolute Gasteiger partial charge is 0.354 e. The van der Waals surface area contributed by atoms with Gasteiger partial charge in [-0.05, 0) is 38.9 Å². The van der Waals surface area contributed by atoms with Crippen LogP contribution >= 0.6 is 0 Å². The minimum Gasteiger partial charge on any atom is -0.354 e. The van der Waals surface area contributed by atoms with Crippen LogP contribution in [-0.4, -0.2) is 50.1 Å². The Kier molecular flexibility index (Phi) is 6.65. The lowest BCUT2D eigenvalue weighted by molar-refractivity contribution is -0.130. The van der Waals surface area contributed by atoms with E-state index in [1.807, 2.05) is 0 Å². The Labute approximate surface area is 111 Å². The fourth-order valence-electron chi connectivity index (χ4n) is 2.66. The fraction of sp³-hybridized carbons (Fsp3) is 0.929. The molecule has 18 heavy (non-hydrogen) atoms. The zero-order valence-electron chi connectivity index (χ0n) is 12.2. The van der Waals surface area contributed by atoms with Crippen LogP contribution in [0.25, 0.3) is 0 Å². The smallest absolute Gasteiger partial charge is 0.227 e. The highest BCUT2D eigenvalue weighted by Gasteiger charge is 2.39. The van der Waals surface area contributed by atoms with Gasteiger partial charge in [0.2, 0.25) is 5.91 Å². The molecule has 1 unspecified atom stereocenters. The van der Waals surface area contributed by atoms with Crippen molar-refractivity contribution in [1.82, 2.24) is 15.5 Å². The molecule has 0 saturated carbocycles. The number of hydrogen-bond acceptors (Lipinski definition) is 3. The zero-order chi connectivity index (χ0) is 13.4. The first-order valence-corrected chi connectivity index (χ1v) is 7.40. The molecule has 0 bridgehead atoms. The molecule has 0 aliphatic carbocycles. The topological polar surface area (TPSA) is 44.4 Å². The second-order valence-corrected chi connectivity index (χ2v) is 5.25. The third-order valence-corrected chi connectivity index (χ3v) is 4.10. The van der Waals surface area contributed by atoms with E-state index >= 15 is 0 Å². The Bertz CT molecular complexity index is 249. The molecule has 0 aromatic heterocycles. The average molecular weight is 255 g/mol. The maximum absolute atomic E-state index is 12.3. The van der Waals surface area contributed by atoms with E-state index in [1.54, 1.807) is 0 Å². The monoisotopic (exact) mass is 255 g/mol. The maximum Gasteiger partial charge on any atom is 0.227 e. The first kappa shape index (κ1) is 15.4. The molecule has 1 atom stereocenters. The third-order valence-electron chi connectivity index (χ3n) is 4.10. The van der Waals surface area contributed by atoms with E-state index in [1.165, 1.54) is 6.42 Å². The summed E-state index contributed by atoms with van der Waals surface area (Å²) in [4.78, 5) is 14.6. The lowest BCUT2D eigenvalue weighted by Crippen LogP contribution is -2.44. The van der Waals surface area contributed by atoms with Gasteiger partial charge in [0.15, 0.2) is 0 Å². The molecule has 4 nitrogen and oxygen atoms in total. The average Bonchev–Trinajstić information content (AvgIpc) is 2.87. The van der Waals surface area contributed by atoms with Crippen molar-refractivity contribution < 1.29 is 4.79 Å². The summed E-state index contributed by atoms with van der Waals surface area (Å²) in [7, 11) is 0. The van der Waals surface area contributed by atoms with Crippen LogP contribution in [0, 0.1) is 5.41 Å². The van der Waals surface area contributed by atoms with Crippen molar-refractivity contribution in [3.8, 4) is 0 Å². The van der Waals surface area contributed by atoms with E-state index in [2.05, 4.69) is 36.3 Å². The van der Waals surface area contributed by atoms with Gasteiger partial charge in [0.25, 0.3) is 0 Å². The summed E-state index contributed by atoms with van der Waals surface area (Å²) >= 11 is 0. The Morgan fingerprint density at radius 2 is 2.11 bits per heavy atom. The van der Waals surface area contributed by atoms with Crippen LogP contribution in [0.1, 0.15) is 40.0 Å². The molecule has 1 rings (SSSR count). The molecular formula is C14H29N3O. The molecule has 106 valence electrons. The van der Waals surface area contributed by atoms with Gasteiger partial charge in [-0.3, -0.25) is 4.79 Å². The highest BCUT2D eigenvalue weighted by atomic mass is 16.2. The molecule has 1 aliphatic rings. The second-order valence-electron chi connectivity index (χ2n) is 5.25. The van der Waals surface area contributed by atoms with Crippen LogP contribution in [0.2, 0.25) is 0 Å². The lowest BCUT2D eigenvalue weighted by Gasteiger charge is -2.26. The van der Waals surface area contributed by atoms with Gasteiger partial charge in [0, 0.05) is 19.6 Å². The van der Waals surface area contributed by atoms with Crippen LogP contribution in [0.15, 0.2) is 0 Å². The van der Waals surface area contributed by atoms with Gasteiger partial charge >= 0.3 is 0 Å². The summed E-state index contributed by atoms with van der Waals surface area (Å²) in [6.45, 7) is 12.2. The van der Waals surface area contributed by atoms with Crippen molar-refractivity contribution in [1.29, 1.82) is 0 Å². The summed E-state index contributed by atoms with van der Waals surface area (Å²) in [5.41, 5.74) is -0.151.